The number of carbonyl (C=O) groups is 1. The first kappa shape index (κ1) is 27.3. The molecular weight excluding hydrogens is 541 g/mol. The van der Waals surface area contributed by atoms with Gasteiger partial charge in [0.25, 0.3) is 0 Å². The molecule has 0 unspecified atom stereocenters. The van der Waals surface area contributed by atoms with Crippen LogP contribution in [0.2, 0.25) is 0 Å². The lowest BCUT2D eigenvalue weighted by atomic mass is 9.85. The van der Waals surface area contributed by atoms with Crippen LogP contribution in [0.4, 0.5) is 4.39 Å². The minimum absolute atomic E-state index is 0.312. The Kier molecular flexibility index (Phi) is 6.75. The maximum absolute atomic E-state index is 13.9. The fourth-order valence-corrected chi connectivity index (χ4v) is 6.66. The quantitative estimate of drug-likeness (QED) is 0.207. The summed E-state index contributed by atoms with van der Waals surface area (Å²) in [6.45, 7) is 1.78. The van der Waals surface area contributed by atoms with Crippen LogP contribution in [0, 0.1) is 5.82 Å². The molecule has 1 saturated heterocycles. The number of aromatic amines is 1. The van der Waals surface area contributed by atoms with Crippen molar-refractivity contribution in [2.45, 2.75) is 37.7 Å². The molecule has 0 bridgehead atoms. The molecule has 43 heavy (non-hydrogen) atoms. The van der Waals surface area contributed by atoms with Crippen LogP contribution in [0.5, 0.6) is 0 Å². The number of halogens is 1. The van der Waals surface area contributed by atoms with E-state index in [2.05, 4.69) is 45.8 Å². The van der Waals surface area contributed by atoms with E-state index in [9.17, 15) is 14.3 Å². The molecule has 2 aromatic heterocycles. The largest absolute Gasteiger partial charge is 0.390 e. The molecule has 0 saturated carbocycles. The van der Waals surface area contributed by atoms with Crippen molar-refractivity contribution in [1.29, 1.82) is 0 Å². The van der Waals surface area contributed by atoms with Gasteiger partial charge in [-0.2, -0.15) is 0 Å². The molecule has 0 atom stereocenters. The maximum atomic E-state index is 13.9. The van der Waals surface area contributed by atoms with Gasteiger partial charge in [-0.25, -0.2) is 9.37 Å². The minimum atomic E-state index is -0.664. The molecule has 4 aromatic carbocycles. The summed E-state index contributed by atoms with van der Waals surface area (Å²) in [6, 6.07) is 24.7. The first-order chi connectivity index (χ1) is 20.8. The van der Waals surface area contributed by atoms with Crippen LogP contribution < -0.4 is 5.73 Å². The number of aromatic nitrogens is 3. The number of hydrogen-bond donors (Lipinski definition) is 3. The maximum Gasteiger partial charge on any atom is 0.248 e. The lowest BCUT2D eigenvalue weighted by molar-refractivity contribution is -0.0236. The van der Waals surface area contributed by atoms with Crippen molar-refractivity contribution in [1.82, 2.24) is 19.4 Å². The summed E-state index contributed by atoms with van der Waals surface area (Å²) in [7, 11) is 2.08. The number of aryl methyl sites for hydroxylation is 1. The van der Waals surface area contributed by atoms with Crippen LogP contribution >= 0.6 is 0 Å². The Balaban J connectivity index is 1.31. The Morgan fingerprint density at radius 3 is 2.63 bits per heavy atom. The van der Waals surface area contributed by atoms with Gasteiger partial charge >= 0.3 is 0 Å². The molecular formula is C35H34FN5O2. The van der Waals surface area contributed by atoms with Crippen molar-refractivity contribution in [2.75, 3.05) is 20.1 Å². The lowest BCUT2D eigenvalue weighted by Crippen LogP contribution is -2.42. The number of rotatable bonds is 7. The van der Waals surface area contributed by atoms with Crippen LogP contribution in [0.25, 0.3) is 49.9 Å². The molecule has 218 valence electrons. The molecule has 0 spiro atoms. The molecule has 3 heterocycles. The summed E-state index contributed by atoms with van der Waals surface area (Å²) in [5.74, 6) is -0.0932. The van der Waals surface area contributed by atoms with Gasteiger partial charge in [0.1, 0.15) is 11.6 Å². The highest BCUT2D eigenvalue weighted by molar-refractivity contribution is 6.15. The van der Waals surface area contributed by atoms with Gasteiger partial charge in [0.2, 0.25) is 5.91 Å². The van der Waals surface area contributed by atoms with Gasteiger partial charge in [-0.1, -0.05) is 30.3 Å². The number of hydrogen-bond acceptors (Lipinski definition) is 4. The second kappa shape index (κ2) is 10.6. The zero-order valence-electron chi connectivity index (χ0n) is 24.1. The first-order valence-corrected chi connectivity index (χ1v) is 14.8. The van der Waals surface area contributed by atoms with Crippen LogP contribution in [-0.2, 0) is 6.42 Å². The Morgan fingerprint density at radius 2 is 1.81 bits per heavy atom. The monoisotopic (exact) mass is 575 g/mol. The topological polar surface area (TPSA) is 100 Å². The highest BCUT2D eigenvalue weighted by Crippen LogP contribution is 2.38. The number of nitrogens with two attached hydrogens (primary N) is 1. The normalized spacial score (nSPS) is 15.5. The van der Waals surface area contributed by atoms with Crippen molar-refractivity contribution in [3.8, 4) is 17.1 Å². The summed E-state index contributed by atoms with van der Waals surface area (Å²) in [5.41, 5.74) is 11.7. The molecule has 4 N–H and O–H groups in total. The Bertz CT molecular complexity index is 2000. The van der Waals surface area contributed by atoms with Crippen molar-refractivity contribution < 1.29 is 14.3 Å². The number of H-pyrrole nitrogens is 1. The summed E-state index contributed by atoms with van der Waals surface area (Å²) >= 11 is 0. The van der Waals surface area contributed by atoms with E-state index in [0.717, 1.165) is 71.0 Å². The van der Waals surface area contributed by atoms with E-state index in [1.165, 1.54) is 12.1 Å². The lowest BCUT2D eigenvalue weighted by Gasteiger charge is -2.36. The van der Waals surface area contributed by atoms with Crippen LogP contribution in [0.15, 0.2) is 78.9 Å². The van der Waals surface area contributed by atoms with Crippen molar-refractivity contribution in [3.63, 3.8) is 0 Å². The number of benzene rings is 4. The second-order valence-corrected chi connectivity index (χ2v) is 11.9. The average Bonchev–Trinajstić information content (AvgIpc) is 3.57. The van der Waals surface area contributed by atoms with E-state index in [1.54, 1.807) is 6.07 Å². The van der Waals surface area contributed by atoms with Gasteiger partial charge in [-0.3, -0.25) is 4.79 Å². The highest BCUT2D eigenvalue weighted by atomic mass is 19.1. The summed E-state index contributed by atoms with van der Waals surface area (Å²) < 4.78 is 16.1. The minimum Gasteiger partial charge on any atom is -0.390 e. The summed E-state index contributed by atoms with van der Waals surface area (Å²) in [4.78, 5) is 22.8. The predicted molar refractivity (Wildman–Crippen MR) is 169 cm³/mol. The molecule has 7 rings (SSSR count). The van der Waals surface area contributed by atoms with Gasteiger partial charge in [0, 0.05) is 40.7 Å². The number of para-hydroxylation sites is 1. The molecule has 1 amide bonds. The third-order valence-electron chi connectivity index (χ3n) is 9.02. The smallest absolute Gasteiger partial charge is 0.248 e. The third kappa shape index (κ3) is 4.96. The van der Waals surface area contributed by atoms with Crippen LogP contribution in [0.3, 0.4) is 0 Å². The number of carbonyl (C=O) groups excluding carboxylic acids is 1. The first-order valence-electron chi connectivity index (χ1n) is 14.8. The van der Waals surface area contributed by atoms with E-state index < -0.39 is 11.5 Å². The Labute approximate surface area is 248 Å². The molecule has 7 nitrogen and oxygen atoms in total. The van der Waals surface area contributed by atoms with Crippen molar-refractivity contribution in [3.05, 3.63) is 95.8 Å². The number of nitrogens with zero attached hydrogens (tertiary/aromatic N) is 3. The van der Waals surface area contributed by atoms with E-state index >= 15 is 0 Å². The molecule has 1 aliphatic heterocycles. The third-order valence-corrected chi connectivity index (χ3v) is 9.02. The van der Waals surface area contributed by atoms with Gasteiger partial charge in [-0.05, 0) is 93.2 Å². The van der Waals surface area contributed by atoms with Crippen LogP contribution in [-0.4, -0.2) is 56.2 Å². The fourth-order valence-electron chi connectivity index (χ4n) is 6.66. The van der Waals surface area contributed by atoms with Gasteiger partial charge in [0.05, 0.1) is 27.7 Å². The van der Waals surface area contributed by atoms with Gasteiger partial charge < -0.3 is 25.3 Å². The van der Waals surface area contributed by atoms with Gasteiger partial charge in [-0.15, -0.1) is 0 Å². The molecule has 6 aromatic rings. The number of primary amides is 1. The Hall–Kier alpha value is -4.53. The SMILES string of the molecule is CN1CCC(O)(CCCc2cc(-n3c4ccccc4c4c(-c5nc6ccc(F)cc6[nH]5)cccc43)ccc2C(N)=O)CC1. The number of aliphatic hydroxyl groups is 1. The van der Waals surface area contributed by atoms with E-state index in [0.29, 0.717) is 35.3 Å². The second-order valence-electron chi connectivity index (χ2n) is 11.9. The average molecular weight is 576 g/mol. The zero-order chi connectivity index (χ0) is 29.7. The van der Waals surface area contributed by atoms with Crippen molar-refractivity contribution >= 4 is 38.7 Å². The number of piperidine rings is 1. The number of amides is 1. The fraction of sp³-hybridized carbons (Fsp3) is 0.257. The summed E-state index contributed by atoms with van der Waals surface area (Å²) in [5, 5.41) is 13.2. The van der Waals surface area contributed by atoms with E-state index in [1.807, 2.05) is 36.4 Å². The Morgan fingerprint density at radius 1 is 1.02 bits per heavy atom. The standard InChI is InChI=1S/C35H34FN5O2/c1-40-18-16-35(43,17-19-40)15-5-6-22-20-24(12-13-25(22)33(37)42)41-30-9-3-2-7-26(30)32-27(8-4-10-31(32)41)34-38-28-14-11-23(36)21-29(28)39-34/h2-4,7-14,20-21,43H,5-6,15-19H2,1H3,(H2,37,42)(H,38,39). The molecule has 0 radical (unpaired) electrons. The summed E-state index contributed by atoms with van der Waals surface area (Å²) in [6.07, 6.45) is 3.60. The predicted octanol–water partition coefficient (Wildman–Crippen LogP) is 6.34. The molecule has 1 aliphatic rings. The number of likely N-dealkylation sites (tertiary alicyclic amines) is 1. The van der Waals surface area contributed by atoms with Crippen LogP contribution in [0.1, 0.15) is 41.6 Å². The van der Waals surface area contributed by atoms with Crippen molar-refractivity contribution in [2.24, 2.45) is 5.73 Å². The zero-order valence-corrected chi connectivity index (χ0v) is 24.1. The number of nitrogens with one attached hydrogen (secondary N) is 1. The number of fused-ring (bicyclic) bond motifs is 4. The molecule has 0 aliphatic carbocycles. The van der Waals surface area contributed by atoms with E-state index in [-0.39, 0.29) is 5.82 Å². The van der Waals surface area contributed by atoms with Gasteiger partial charge in [0.15, 0.2) is 0 Å². The highest BCUT2D eigenvalue weighted by Gasteiger charge is 2.30. The molecule has 8 heteroatoms. The number of imidazole rings is 1. The molecule has 1 fully saturated rings. The van der Waals surface area contributed by atoms with E-state index in [4.69, 9.17) is 10.7 Å².